The van der Waals surface area contributed by atoms with Gasteiger partial charge in [-0.05, 0) is 19.6 Å². The lowest BCUT2D eigenvalue weighted by atomic mass is 9.98. The topological polar surface area (TPSA) is 168 Å². The van der Waals surface area contributed by atoms with Gasteiger partial charge in [0.15, 0.2) is 10.8 Å². The number of hydrogen-bond donors (Lipinski definition) is 3. The van der Waals surface area contributed by atoms with Gasteiger partial charge in [0.05, 0.1) is 6.04 Å². The Morgan fingerprint density at radius 2 is 2.03 bits per heavy atom. The zero-order valence-electron chi connectivity index (χ0n) is 17.8. The van der Waals surface area contributed by atoms with Crippen molar-refractivity contribution in [3.8, 4) is 0 Å². The van der Waals surface area contributed by atoms with E-state index in [1.807, 2.05) is 0 Å². The number of hydrogen-bond acceptors (Lipinski definition) is 10. The Bertz CT molecular complexity index is 906. The van der Waals surface area contributed by atoms with Crippen LogP contribution in [-0.4, -0.2) is 83.5 Å². The van der Waals surface area contributed by atoms with Crippen molar-refractivity contribution in [2.45, 2.75) is 32.9 Å². The number of nitrogens with two attached hydrogens (primary N) is 1. The van der Waals surface area contributed by atoms with E-state index >= 15 is 0 Å². The standard InChI is InChI=1S/C11H13N5O6S2.C6H15N/c1-3-6-8(10(18)16(6)24(19,20)21)14-9(17)7(15-22-2)5-4-23-11(12)13-5;1-4-7(5-2)6-3/h3-4,6,8H,1H2,2H3,(H2,12,13)(H,14,17)(H,19,20,21);4-6H2,1-3H3/b15-7-;/t6-,8+;/m1./s1. The van der Waals surface area contributed by atoms with Crippen molar-refractivity contribution in [3.05, 3.63) is 23.7 Å². The molecule has 0 aromatic carbocycles. The summed E-state index contributed by atoms with van der Waals surface area (Å²) in [6.45, 7) is 13.5. The second-order valence-electron chi connectivity index (χ2n) is 6.10. The van der Waals surface area contributed by atoms with Gasteiger partial charge in [-0.25, -0.2) is 9.29 Å². The van der Waals surface area contributed by atoms with E-state index in [4.69, 9.17) is 10.3 Å². The maximum atomic E-state index is 12.3. The number of nitrogens with zero attached hydrogens (tertiary/aromatic N) is 4. The highest BCUT2D eigenvalue weighted by Crippen LogP contribution is 2.24. The van der Waals surface area contributed by atoms with Crippen LogP contribution < -0.4 is 11.1 Å². The fraction of sp³-hybridized carbons (Fsp3) is 0.529. The Hall–Kier alpha value is -2.55. The summed E-state index contributed by atoms with van der Waals surface area (Å²) in [5, 5.41) is 7.50. The zero-order chi connectivity index (χ0) is 23.8. The van der Waals surface area contributed by atoms with Crippen LogP contribution in [0.2, 0.25) is 0 Å². The predicted octanol–water partition coefficient (Wildman–Crippen LogP) is 0.108. The molecule has 0 unspecified atom stereocenters. The third-order valence-electron chi connectivity index (χ3n) is 4.38. The number of β-lactam (4-membered cyclic amide) rings is 1. The van der Waals surface area contributed by atoms with Crippen LogP contribution in [0, 0.1) is 0 Å². The van der Waals surface area contributed by atoms with E-state index in [0.29, 0.717) is 0 Å². The maximum Gasteiger partial charge on any atom is 0.362 e. The average molecular weight is 477 g/mol. The molecular formula is C17H28N6O6S2. The van der Waals surface area contributed by atoms with Crippen molar-refractivity contribution in [2.24, 2.45) is 5.16 Å². The molecule has 2 atom stereocenters. The lowest BCUT2D eigenvalue weighted by Gasteiger charge is -2.42. The van der Waals surface area contributed by atoms with Crippen molar-refractivity contribution in [2.75, 3.05) is 32.5 Å². The SMILES string of the molecule is C=C[C@@H]1[C@H](NC(=O)/C(=N\OC)c2csc(N)n2)C(=O)N1S(=O)(=O)O.CCN(CC)CC. The largest absolute Gasteiger partial charge is 0.398 e. The summed E-state index contributed by atoms with van der Waals surface area (Å²) in [5.74, 6) is -1.84. The zero-order valence-corrected chi connectivity index (χ0v) is 19.4. The summed E-state index contributed by atoms with van der Waals surface area (Å²) in [6, 6.07) is -2.35. The number of thiazole rings is 1. The van der Waals surface area contributed by atoms with Gasteiger partial charge in [-0.1, -0.05) is 32.0 Å². The molecule has 1 fully saturated rings. The highest BCUT2D eigenvalue weighted by Gasteiger charge is 2.52. The molecule has 1 aliphatic rings. The van der Waals surface area contributed by atoms with Crippen LogP contribution in [0.3, 0.4) is 0 Å². The van der Waals surface area contributed by atoms with Crippen LogP contribution in [0.1, 0.15) is 26.5 Å². The molecule has 4 N–H and O–H groups in total. The van der Waals surface area contributed by atoms with E-state index in [1.54, 1.807) is 0 Å². The lowest BCUT2D eigenvalue weighted by Crippen LogP contribution is -2.71. The molecule has 2 amide bonds. The number of amides is 2. The Labute approximate surface area is 185 Å². The fourth-order valence-electron chi connectivity index (χ4n) is 2.70. The molecule has 1 aromatic heterocycles. The molecule has 0 aliphatic carbocycles. The Balaban J connectivity index is 0.000000592. The molecule has 0 spiro atoms. The molecule has 31 heavy (non-hydrogen) atoms. The van der Waals surface area contributed by atoms with E-state index in [-0.39, 0.29) is 20.8 Å². The predicted molar refractivity (Wildman–Crippen MR) is 118 cm³/mol. The molecule has 174 valence electrons. The van der Waals surface area contributed by atoms with E-state index in [0.717, 1.165) is 17.4 Å². The lowest BCUT2D eigenvalue weighted by molar-refractivity contribution is -0.142. The Kier molecular flexibility index (Phi) is 10.0. The van der Waals surface area contributed by atoms with Gasteiger partial charge in [0.1, 0.15) is 18.8 Å². The number of carbonyl (C=O) groups is 2. The Morgan fingerprint density at radius 1 is 1.45 bits per heavy atom. The highest BCUT2D eigenvalue weighted by molar-refractivity contribution is 7.84. The summed E-state index contributed by atoms with van der Waals surface area (Å²) in [4.78, 5) is 35.0. The number of nitrogens with one attached hydrogen (secondary N) is 1. The number of rotatable bonds is 9. The quantitative estimate of drug-likeness (QED) is 0.147. The van der Waals surface area contributed by atoms with E-state index < -0.39 is 34.2 Å². The van der Waals surface area contributed by atoms with Crippen molar-refractivity contribution in [1.29, 1.82) is 0 Å². The second kappa shape index (κ2) is 11.7. The smallest absolute Gasteiger partial charge is 0.362 e. The van der Waals surface area contributed by atoms with Gasteiger partial charge >= 0.3 is 10.3 Å². The van der Waals surface area contributed by atoms with Crippen LogP contribution in [0.15, 0.2) is 23.2 Å². The third-order valence-corrected chi connectivity index (χ3v) is 5.97. The number of carbonyl (C=O) groups excluding carboxylic acids is 2. The summed E-state index contributed by atoms with van der Waals surface area (Å²) >= 11 is 1.07. The number of anilines is 1. The molecule has 1 aliphatic heterocycles. The third kappa shape index (κ3) is 6.72. The van der Waals surface area contributed by atoms with Crippen molar-refractivity contribution < 1.29 is 27.4 Å². The van der Waals surface area contributed by atoms with Gasteiger partial charge in [-0.15, -0.1) is 17.9 Å². The minimum atomic E-state index is -4.75. The first-order valence-electron chi connectivity index (χ1n) is 9.34. The number of oxime groups is 1. The molecule has 0 radical (unpaired) electrons. The van der Waals surface area contributed by atoms with E-state index in [2.05, 4.69) is 52.5 Å². The summed E-state index contributed by atoms with van der Waals surface area (Å²) in [7, 11) is -3.53. The summed E-state index contributed by atoms with van der Waals surface area (Å²) in [6.07, 6.45) is 1.11. The van der Waals surface area contributed by atoms with Crippen LogP contribution in [0.25, 0.3) is 0 Å². The van der Waals surface area contributed by atoms with Crippen LogP contribution in [0.4, 0.5) is 5.13 Å². The molecular weight excluding hydrogens is 448 g/mol. The summed E-state index contributed by atoms with van der Waals surface area (Å²) < 4.78 is 31.4. The van der Waals surface area contributed by atoms with Crippen molar-refractivity contribution in [3.63, 3.8) is 0 Å². The average Bonchev–Trinajstić information content (AvgIpc) is 3.14. The first-order valence-corrected chi connectivity index (χ1v) is 11.6. The maximum absolute atomic E-state index is 12.3. The first kappa shape index (κ1) is 26.5. The minimum absolute atomic E-state index is 0.130. The van der Waals surface area contributed by atoms with E-state index in [1.165, 1.54) is 32.1 Å². The van der Waals surface area contributed by atoms with Gasteiger partial charge < -0.3 is 20.8 Å². The van der Waals surface area contributed by atoms with E-state index in [9.17, 15) is 18.0 Å². The molecule has 0 bridgehead atoms. The van der Waals surface area contributed by atoms with Crippen LogP contribution in [-0.2, 0) is 24.7 Å². The van der Waals surface area contributed by atoms with Gasteiger partial charge in [-0.2, -0.15) is 8.42 Å². The fourth-order valence-corrected chi connectivity index (χ4v) is 4.11. The van der Waals surface area contributed by atoms with Gasteiger partial charge in [-0.3, -0.25) is 14.1 Å². The summed E-state index contributed by atoms with van der Waals surface area (Å²) in [5.41, 5.74) is 5.38. The van der Waals surface area contributed by atoms with Gasteiger partial charge in [0, 0.05) is 5.38 Å². The number of aromatic nitrogens is 1. The molecule has 0 saturated carbocycles. The Morgan fingerprint density at radius 3 is 2.39 bits per heavy atom. The molecule has 2 rings (SSSR count). The molecule has 1 aromatic rings. The monoisotopic (exact) mass is 476 g/mol. The van der Waals surface area contributed by atoms with Crippen molar-refractivity contribution in [1.82, 2.24) is 19.5 Å². The van der Waals surface area contributed by atoms with Gasteiger partial charge in [0.2, 0.25) is 0 Å². The highest BCUT2D eigenvalue weighted by atomic mass is 32.2. The molecule has 1 saturated heterocycles. The second-order valence-corrected chi connectivity index (χ2v) is 8.28. The van der Waals surface area contributed by atoms with Crippen LogP contribution >= 0.6 is 11.3 Å². The normalized spacial score (nSPS) is 18.7. The molecule has 12 nitrogen and oxygen atoms in total. The minimum Gasteiger partial charge on any atom is -0.398 e. The van der Waals surface area contributed by atoms with Crippen molar-refractivity contribution >= 4 is 44.3 Å². The first-order chi connectivity index (χ1) is 14.5. The van der Waals surface area contributed by atoms with Gasteiger partial charge in [0.25, 0.3) is 11.8 Å². The van der Waals surface area contributed by atoms with Crippen LogP contribution in [0.5, 0.6) is 0 Å². The molecule has 2 heterocycles. The number of nitrogen functional groups attached to an aromatic ring is 1. The molecule has 14 heteroatoms.